The van der Waals surface area contributed by atoms with Gasteiger partial charge in [0.15, 0.2) is 5.76 Å². The van der Waals surface area contributed by atoms with Crippen LogP contribution in [-0.4, -0.2) is 37.6 Å². The van der Waals surface area contributed by atoms with E-state index in [9.17, 15) is 10.2 Å². The largest absolute Gasteiger partial charge is 0.391 e. The van der Waals surface area contributed by atoms with Crippen molar-refractivity contribution in [1.29, 1.82) is 0 Å². The molecule has 4 rings (SSSR count). The first-order valence-corrected chi connectivity index (χ1v) is 9.70. The Bertz CT molecular complexity index is 1030. The molecule has 29 heavy (non-hydrogen) atoms. The van der Waals surface area contributed by atoms with Crippen LogP contribution in [0, 0.1) is 23.7 Å². The van der Waals surface area contributed by atoms with Gasteiger partial charge in [0, 0.05) is 48.0 Å². The third kappa shape index (κ3) is 4.40. The molecule has 0 aliphatic heterocycles. The van der Waals surface area contributed by atoms with Crippen molar-refractivity contribution in [1.82, 2.24) is 14.7 Å². The van der Waals surface area contributed by atoms with Crippen molar-refractivity contribution >= 4 is 0 Å². The zero-order chi connectivity index (χ0) is 20.4. The molecule has 7 nitrogen and oxygen atoms in total. The molecule has 1 saturated carbocycles. The maximum Gasteiger partial charge on any atom is 0.167 e. The smallest absolute Gasteiger partial charge is 0.167 e. The van der Waals surface area contributed by atoms with E-state index in [0.29, 0.717) is 18.1 Å². The molecular weight excluding hydrogens is 368 g/mol. The minimum Gasteiger partial charge on any atom is -0.391 e. The van der Waals surface area contributed by atoms with E-state index in [0.717, 1.165) is 23.2 Å². The van der Waals surface area contributed by atoms with Crippen LogP contribution in [0.25, 0.3) is 11.3 Å². The molecule has 4 atom stereocenters. The van der Waals surface area contributed by atoms with E-state index in [2.05, 4.69) is 22.0 Å². The van der Waals surface area contributed by atoms with E-state index in [-0.39, 0.29) is 18.4 Å². The minimum atomic E-state index is -0.644. The van der Waals surface area contributed by atoms with E-state index in [1.807, 2.05) is 34.9 Å². The van der Waals surface area contributed by atoms with Crippen molar-refractivity contribution in [2.45, 2.75) is 32.1 Å². The SMILES string of the molecule is C[C@H](O)c1nccn1Cc1cc(-c2ccc(C#C[C@H]3C[C@@H]3[C@@H](O)CN)cc2)on1. The van der Waals surface area contributed by atoms with Crippen molar-refractivity contribution in [3.05, 3.63) is 59.8 Å². The highest BCUT2D eigenvalue weighted by Gasteiger charge is 2.40. The standard InChI is InChI=1S/C22H24N4O3/c1-14(27)22-24-8-9-26(22)13-18-11-21(29-25-18)16-5-2-15(3-6-16)4-7-17-10-19(17)20(28)12-23/h2-3,5-6,8-9,11,14,17,19-20,27-28H,10,12-13,23H2,1H3/t14-,17-,19-,20-/m0/s1. The lowest BCUT2D eigenvalue weighted by Crippen LogP contribution is -2.22. The lowest BCUT2D eigenvalue weighted by atomic mass is 10.1. The fraction of sp³-hybridized carbons (Fsp3) is 0.364. The highest BCUT2D eigenvalue weighted by molar-refractivity contribution is 5.59. The average molecular weight is 392 g/mol. The number of aromatic nitrogens is 3. The summed E-state index contributed by atoms with van der Waals surface area (Å²) in [4.78, 5) is 4.16. The molecule has 2 aromatic heterocycles. The van der Waals surface area contributed by atoms with Gasteiger partial charge in [0.2, 0.25) is 0 Å². The van der Waals surface area contributed by atoms with Gasteiger partial charge in [-0.3, -0.25) is 0 Å². The van der Waals surface area contributed by atoms with E-state index < -0.39 is 12.2 Å². The second kappa shape index (κ2) is 8.21. The summed E-state index contributed by atoms with van der Waals surface area (Å²) >= 11 is 0. The summed E-state index contributed by atoms with van der Waals surface area (Å²) < 4.78 is 7.32. The number of aliphatic hydroxyl groups is 2. The number of imidazole rings is 1. The fourth-order valence-corrected chi connectivity index (χ4v) is 3.39. The molecule has 1 aliphatic rings. The quantitative estimate of drug-likeness (QED) is 0.553. The molecule has 0 radical (unpaired) electrons. The number of rotatable bonds is 6. The highest BCUT2D eigenvalue weighted by Crippen LogP contribution is 2.40. The topological polar surface area (TPSA) is 110 Å². The molecule has 7 heteroatoms. The predicted molar refractivity (Wildman–Crippen MR) is 107 cm³/mol. The van der Waals surface area contributed by atoms with E-state index in [4.69, 9.17) is 10.3 Å². The Balaban J connectivity index is 1.41. The van der Waals surface area contributed by atoms with Gasteiger partial charge in [0.1, 0.15) is 17.6 Å². The summed E-state index contributed by atoms with van der Waals surface area (Å²) in [5.74, 6) is 8.09. The van der Waals surface area contributed by atoms with E-state index >= 15 is 0 Å². The molecule has 1 aromatic carbocycles. The lowest BCUT2D eigenvalue weighted by Gasteiger charge is -2.07. The van der Waals surface area contributed by atoms with E-state index in [1.54, 1.807) is 19.3 Å². The van der Waals surface area contributed by atoms with Crippen molar-refractivity contribution < 1.29 is 14.7 Å². The van der Waals surface area contributed by atoms with Gasteiger partial charge in [-0.15, -0.1) is 0 Å². The molecule has 0 amide bonds. The summed E-state index contributed by atoms with van der Waals surface area (Å²) in [6.45, 7) is 2.45. The summed E-state index contributed by atoms with van der Waals surface area (Å²) in [6.07, 6.45) is 3.29. The summed E-state index contributed by atoms with van der Waals surface area (Å²) in [5, 5.41) is 23.6. The van der Waals surface area contributed by atoms with Gasteiger partial charge in [0.05, 0.1) is 12.6 Å². The molecule has 0 saturated heterocycles. The van der Waals surface area contributed by atoms with E-state index in [1.165, 1.54) is 0 Å². The Morgan fingerprint density at radius 1 is 1.31 bits per heavy atom. The van der Waals surface area contributed by atoms with Crippen molar-refractivity contribution in [2.24, 2.45) is 17.6 Å². The van der Waals surface area contributed by atoms with Crippen molar-refractivity contribution in [3.8, 4) is 23.2 Å². The number of nitrogens with two attached hydrogens (primary N) is 1. The van der Waals surface area contributed by atoms with Gasteiger partial charge < -0.3 is 25.0 Å². The Labute approximate surface area is 169 Å². The van der Waals surface area contributed by atoms with Crippen LogP contribution in [0.1, 0.15) is 36.5 Å². The second-order valence-corrected chi connectivity index (χ2v) is 7.43. The Morgan fingerprint density at radius 3 is 2.83 bits per heavy atom. The first-order valence-electron chi connectivity index (χ1n) is 9.70. The zero-order valence-electron chi connectivity index (χ0n) is 16.2. The number of hydrogen-bond acceptors (Lipinski definition) is 6. The van der Waals surface area contributed by atoms with Gasteiger partial charge in [0.25, 0.3) is 0 Å². The number of nitrogens with zero attached hydrogens (tertiary/aromatic N) is 3. The van der Waals surface area contributed by atoms with Crippen molar-refractivity contribution in [2.75, 3.05) is 6.54 Å². The Hall–Kier alpha value is -2.92. The van der Waals surface area contributed by atoms with Crippen LogP contribution < -0.4 is 5.73 Å². The average Bonchev–Trinajstić information content (AvgIpc) is 3.11. The third-order valence-electron chi connectivity index (χ3n) is 5.16. The first kappa shape index (κ1) is 19.4. The second-order valence-electron chi connectivity index (χ2n) is 7.43. The molecular formula is C22H24N4O3. The summed E-state index contributed by atoms with van der Waals surface area (Å²) in [6, 6.07) is 9.68. The number of hydrogen-bond donors (Lipinski definition) is 3. The van der Waals surface area contributed by atoms with Crippen molar-refractivity contribution in [3.63, 3.8) is 0 Å². The van der Waals surface area contributed by atoms with Crippen LogP contribution in [0.2, 0.25) is 0 Å². The van der Waals surface area contributed by atoms with Crippen LogP contribution in [0.5, 0.6) is 0 Å². The summed E-state index contributed by atoms with van der Waals surface area (Å²) in [7, 11) is 0. The Kier molecular flexibility index (Phi) is 5.49. The zero-order valence-corrected chi connectivity index (χ0v) is 16.2. The fourth-order valence-electron chi connectivity index (χ4n) is 3.39. The predicted octanol–water partition coefficient (Wildman–Crippen LogP) is 1.95. The monoisotopic (exact) mass is 392 g/mol. The van der Waals surface area contributed by atoms with Crippen LogP contribution in [-0.2, 0) is 6.54 Å². The molecule has 1 fully saturated rings. The van der Waals surface area contributed by atoms with Gasteiger partial charge in [-0.25, -0.2) is 4.98 Å². The summed E-state index contributed by atoms with van der Waals surface area (Å²) in [5.41, 5.74) is 8.07. The number of benzene rings is 1. The maximum atomic E-state index is 9.76. The highest BCUT2D eigenvalue weighted by atomic mass is 16.5. The molecule has 3 aromatic rings. The Morgan fingerprint density at radius 2 is 2.10 bits per heavy atom. The third-order valence-corrected chi connectivity index (χ3v) is 5.16. The van der Waals surface area contributed by atoms with Gasteiger partial charge in [-0.2, -0.15) is 0 Å². The van der Waals surface area contributed by atoms with Gasteiger partial charge >= 0.3 is 0 Å². The van der Waals surface area contributed by atoms with Gasteiger partial charge in [-0.05, 0) is 37.6 Å². The minimum absolute atomic E-state index is 0.212. The first-order chi connectivity index (χ1) is 14.0. The van der Waals surface area contributed by atoms with Gasteiger partial charge in [-0.1, -0.05) is 17.0 Å². The molecule has 2 heterocycles. The molecule has 0 spiro atoms. The molecule has 150 valence electrons. The maximum absolute atomic E-state index is 9.76. The van der Waals surface area contributed by atoms with Crippen LogP contribution in [0.4, 0.5) is 0 Å². The number of aliphatic hydroxyl groups excluding tert-OH is 2. The molecule has 1 aliphatic carbocycles. The van der Waals surface area contributed by atoms with Crippen LogP contribution >= 0.6 is 0 Å². The molecule has 0 unspecified atom stereocenters. The molecule has 4 N–H and O–H groups in total. The molecule has 0 bridgehead atoms. The van der Waals surface area contributed by atoms with Crippen LogP contribution in [0.15, 0.2) is 47.2 Å². The van der Waals surface area contributed by atoms with Crippen LogP contribution in [0.3, 0.4) is 0 Å². The lowest BCUT2D eigenvalue weighted by molar-refractivity contribution is 0.156. The normalized spacial score (nSPS) is 20.0.